The van der Waals surface area contributed by atoms with Gasteiger partial charge in [-0.1, -0.05) is 72.1 Å². The molecule has 0 atom stereocenters. The second kappa shape index (κ2) is 14.3. The van der Waals surface area contributed by atoms with E-state index in [-0.39, 0.29) is 41.0 Å². The molecule has 0 heterocycles. The number of phenolic OH excluding ortho intramolecular Hbond substituents is 2. The highest BCUT2D eigenvalue weighted by molar-refractivity contribution is 7.99. The molecule has 0 bridgehead atoms. The SMILES string of the molecule is COc1cc(/C=C/C(=O)CC(=O)/C=C/c2cc(OC)c(O)c(Sc3ccccc3)c2)cc(Sc2ccccc2)c1O. The Hall–Kier alpha value is -4.40. The minimum Gasteiger partial charge on any atom is -0.503 e. The normalized spacial score (nSPS) is 11.2. The summed E-state index contributed by atoms with van der Waals surface area (Å²) in [4.78, 5) is 28.1. The third-order valence-electron chi connectivity index (χ3n) is 5.78. The van der Waals surface area contributed by atoms with Crippen LogP contribution in [-0.4, -0.2) is 36.0 Å². The van der Waals surface area contributed by atoms with Crippen LogP contribution >= 0.6 is 23.5 Å². The summed E-state index contributed by atoms with van der Waals surface area (Å²) in [5, 5.41) is 21.1. The first-order valence-electron chi connectivity index (χ1n) is 12.6. The number of carbonyl (C=O) groups excluding carboxylic acids is 2. The van der Waals surface area contributed by atoms with Crippen molar-refractivity contribution in [2.24, 2.45) is 0 Å². The molecule has 0 amide bonds. The maximum Gasteiger partial charge on any atom is 0.171 e. The molecule has 0 aliphatic rings. The van der Waals surface area contributed by atoms with Crippen LogP contribution in [0.3, 0.4) is 0 Å². The molecule has 0 aliphatic carbocycles. The van der Waals surface area contributed by atoms with Crippen molar-refractivity contribution in [2.45, 2.75) is 26.0 Å². The monoisotopic (exact) mass is 584 g/mol. The molecule has 8 heteroatoms. The lowest BCUT2D eigenvalue weighted by Gasteiger charge is -2.10. The average molecular weight is 585 g/mol. The van der Waals surface area contributed by atoms with Crippen molar-refractivity contribution in [1.82, 2.24) is 0 Å². The van der Waals surface area contributed by atoms with E-state index in [0.29, 0.717) is 20.9 Å². The quantitative estimate of drug-likeness (QED) is 0.129. The second-order valence-electron chi connectivity index (χ2n) is 8.75. The van der Waals surface area contributed by atoms with Crippen molar-refractivity contribution in [2.75, 3.05) is 14.2 Å². The summed E-state index contributed by atoms with van der Waals surface area (Å²) in [5.41, 5.74) is 1.29. The number of aromatic hydroxyl groups is 2. The molecule has 0 radical (unpaired) electrons. The topological polar surface area (TPSA) is 93.1 Å². The van der Waals surface area contributed by atoms with Crippen molar-refractivity contribution < 1.29 is 29.3 Å². The van der Waals surface area contributed by atoms with Gasteiger partial charge in [-0.25, -0.2) is 0 Å². The van der Waals surface area contributed by atoms with Crippen LogP contribution in [0.5, 0.6) is 23.0 Å². The van der Waals surface area contributed by atoms with Gasteiger partial charge in [-0.3, -0.25) is 9.59 Å². The summed E-state index contributed by atoms with van der Waals surface area (Å²) in [5.74, 6) is -0.139. The van der Waals surface area contributed by atoms with Crippen LogP contribution in [0.15, 0.2) is 117 Å². The largest absolute Gasteiger partial charge is 0.503 e. The summed E-state index contributed by atoms with van der Waals surface area (Å²) in [6.45, 7) is 0. The lowest BCUT2D eigenvalue weighted by molar-refractivity contribution is -0.121. The molecule has 0 aromatic heterocycles. The molecule has 41 heavy (non-hydrogen) atoms. The van der Waals surface area contributed by atoms with Crippen LogP contribution in [0, 0.1) is 0 Å². The standard InChI is InChI=1S/C33H28O6S2/c1-38-28-17-22(19-30(32(28)36)40-26-9-5-3-6-10-26)13-15-24(34)21-25(35)16-14-23-18-29(39-2)33(37)31(20-23)41-27-11-7-4-8-12-27/h3-20,36-37H,21H2,1-2H3/b15-13+,16-14+. The number of rotatable bonds is 12. The molecule has 0 fully saturated rings. The first-order chi connectivity index (χ1) is 19.9. The predicted octanol–water partition coefficient (Wildman–Crippen LogP) is 7.67. The Morgan fingerprint density at radius 3 is 1.41 bits per heavy atom. The third kappa shape index (κ3) is 8.30. The summed E-state index contributed by atoms with van der Waals surface area (Å²) in [6, 6.07) is 25.9. The molecule has 0 saturated carbocycles. The molecule has 4 rings (SSSR count). The van der Waals surface area contributed by atoms with Gasteiger partial charge in [0.1, 0.15) is 0 Å². The van der Waals surface area contributed by atoms with Crippen LogP contribution in [-0.2, 0) is 9.59 Å². The number of hydrogen-bond acceptors (Lipinski definition) is 8. The van der Waals surface area contributed by atoms with Crippen LogP contribution in [0.25, 0.3) is 12.2 Å². The Morgan fingerprint density at radius 1 is 0.659 bits per heavy atom. The van der Waals surface area contributed by atoms with Crippen LogP contribution < -0.4 is 9.47 Å². The van der Waals surface area contributed by atoms with Gasteiger partial charge < -0.3 is 19.7 Å². The molecule has 2 N–H and O–H groups in total. The number of methoxy groups -OCH3 is 2. The third-order valence-corrected chi connectivity index (χ3v) is 7.86. The minimum absolute atomic E-state index is 0.0151. The van der Waals surface area contributed by atoms with Gasteiger partial charge in [0.15, 0.2) is 34.6 Å². The zero-order chi connectivity index (χ0) is 29.2. The number of carbonyl (C=O) groups is 2. The molecular weight excluding hydrogens is 556 g/mol. The van der Waals surface area contributed by atoms with Crippen LogP contribution in [0.2, 0.25) is 0 Å². The van der Waals surface area contributed by atoms with E-state index in [1.165, 1.54) is 49.9 Å². The fourth-order valence-corrected chi connectivity index (χ4v) is 5.64. The van der Waals surface area contributed by atoms with Gasteiger partial charge in [0.25, 0.3) is 0 Å². The van der Waals surface area contributed by atoms with Gasteiger partial charge in [-0.15, -0.1) is 0 Å². The van der Waals surface area contributed by atoms with E-state index in [1.807, 2.05) is 60.7 Å². The molecule has 0 unspecified atom stereocenters. The van der Waals surface area contributed by atoms with Crippen molar-refractivity contribution in [3.8, 4) is 23.0 Å². The molecule has 6 nitrogen and oxygen atoms in total. The van der Waals surface area contributed by atoms with Gasteiger partial charge in [-0.05, 0) is 71.8 Å². The molecule has 4 aromatic carbocycles. The molecule has 208 valence electrons. The van der Waals surface area contributed by atoms with Gasteiger partial charge in [0.2, 0.25) is 0 Å². The highest BCUT2D eigenvalue weighted by atomic mass is 32.2. The predicted molar refractivity (Wildman–Crippen MR) is 163 cm³/mol. The second-order valence-corrected chi connectivity index (χ2v) is 11.0. The number of benzene rings is 4. The highest BCUT2D eigenvalue weighted by Gasteiger charge is 2.13. The molecule has 0 saturated heterocycles. The Bertz CT molecular complexity index is 1460. The maximum atomic E-state index is 12.6. The van der Waals surface area contributed by atoms with Gasteiger partial charge >= 0.3 is 0 Å². The van der Waals surface area contributed by atoms with Crippen molar-refractivity contribution in [3.05, 3.63) is 108 Å². The van der Waals surface area contributed by atoms with E-state index < -0.39 is 0 Å². The number of phenols is 2. The average Bonchev–Trinajstić information content (AvgIpc) is 2.98. The molecule has 0 aliphatic heterocycles. The van der Waals surface area contributed by atoms with Gasteiger partial charge in [0.05, 0.1) is 30.4 Å². The minimum atomic E-state index is -0.368. The number of allylic oxidation sites excluding steroid dienone is 2. The Morgan fingerprint density at radius 2 is 1.05 bits per heavy atom. The first kappa shape index (κ1) is 29.6. The summed E-state index contributed by atoms with van der Waals surface area (Å²) < 4.78 is 10.6. The van der Waals surface area contributed by atoms with Crippen molar-refractivity contribution in [1.29, 1.82) is 0 Å². The Balaban J connectivity index is 1.44. The maximum absolute atomic E-state index is 12.6. The number of hydrogen-bond donors (Lipinski definition) is 2. The Labute approximate surface area is 247 Å². The fraction of sp³-hybridized carbons (Fsp3) is 0.0909. The molecular formula is C33H28O6S2. The molecule has 4 aromatic rings. The number of ketones is 2. The van der Waals surface area contributed by atoms with E-state index in [4.69, 9.17) is 9.47 Å². The van der Waals surface area contributed by atoms with E-state index >= 15 is 0 Å². The van der Waals surface area contributed by atoms with Gasteiger partial charge in [0, 0.05) is 9.79 Å². The van der Waals surface area contributed by atoms with Crippen molar-refractivity contribution >= 4 is 47.2 Å². The molecule has 0 spiro atoms. The lowest BCUT2D eigenvalue weighted by Crippen LogP contribution is -2.02. The highest BCUT2D eigenvalue weighted by Crippen LogP contribution is 2.42. The summed E-state index contributed by atoms with van der Waals surface area (Å²) >= 11 is 2.75. The Kier molecular flexibility index (Phi) is 10.3. The summed E-state index contributed by atoms with van der Waals surface area (Å²) in [7, 11) is 2.92. The zero-order valence-electron chi connectivity index (χ0n) is 22.4. The smallest absolute Gasteiger partial charge is 0.171 e. The van der Waals surface area contributed by atoms with E-state index in [2.05, 4.69) is 0 Å². The first-order valence-corrected chi connectivity index (χ1v) is 14.2. The van der Waals surface area contributed by atoms with Crippen molar-refractivity contribution in [3.63, 3.8) is 0 Å². The van der Waals surface area contributed by atoms with Crippen LogP contribution in [0.4, 0.5) is 0 Å². The van der Waals surface area contributed by atoms with E-state index in [0.717, 1.165) is 9.79 Å². The number of ether oxygens (including phenoxy) is 2. The van der Waals surface area contributed by atoms with E-state index in [9.17, 15) is 19.8 Å². The fourth-order valence-electron chi connectivity index (χ4n) is 3.76. The summed E-state index contributed by atoms with van der Waals surface area (Å²) in [6.07, 6.45) is 5.55. The van der Waals surface area contributed by atoms with Gasteiger partial charge in [-0.2, -0.15) is 0 Å². The van der Waals surface area contributed by atoms with Crippen LogP contribution in [0.1, 0.15) is 17.5 Å². The zero-order valence-corrected chi connectivity index (χ0v) is 24.1. The lowest BCUT2D eigenvalue weighted by atomic mass is 10.1. The van der Waals surface area contributed by atoms with E-state index in [1.54, 1.807) is 36.4 Å².